The molecule has 0 radical (unpaired) electrons. The molecule has 0 spiro atoms. The first-order valence-corrected chi connectivity index (χ1v) is 9.82. The summed E-state index contributed by atoms with van der Waals surface area (Å²) in [5.41, 5.74) is 1.24. The average Bonchev–Trinajstić information content (AvgIpc) is 2.99. The van der Waals surface area contributed by atoms with Gasteiger partial charge in [-0.1, -0.05) is 49.6 Å². The van der Waals surface area contributed by atoms with Gasteiger partial charge in [-0.05, 0) is 41.7 Å². The Labute approximate surface area is 143 Å². The molecule has 1 saturated heterocycles. The van der Waals surface area contributed by atoms with Crippen LogP contribution in [0.25, 0.3) is 0 Å². The van der Waals surface area contributed by atoms with Crippen LogP contribution in [0.1, 0.15) is 44.1 Å². The molecule has 1 aliphatic rings. The number of thioether (sulfide) groups is 1. The maximum Gasteiger partial charge on any atom is 0.303 e. The fourth-order valence-electron chi connectivity index (χ4n) is 3.08. The molecule has 0 aliphatic carbocycles. The van der Waals surface area contributed by atoms with Crippen molar-refractivity contribution in [3.05, 3.63) is 35.9 Å². The highest BCUT2D eigenvalue weighted by molar-refractivity contribution is 7.99. The molecular weight excluding hydrogens is 308 g/mol. The van der Waals surface area contributed by atoms with Crippen molar-refractivity contribution >= 4 is 17.7 Å². The van der Waals surface area contributed by atoms with Gasteiger partial charge in [-0.25, -0.2) is 0 Å². The summed E-state index contributed by atoms with van der Waals surface area (Å²) in [5.74, 6) is 3.26. The Kier molecular flexibility index (Phi) is 8.54. The van der Waals surface area contributed by atoms with Crippen LogP contribution in [0.4, 0.5) is 0 Å². The van der Waals surface area contributed by atoms with E-state index in [1.54, 1.807) is 0 Å². The standard InChI is InChI=1S/C19H28O3S/c20-19(21)11-7-2-1-6-10-17-14-23-15-18(17)13-22-12-16-8-4-3-5-9-16/h3-5,8-9,17-18H,1-2,6-7,10-15H2,(H,20,21)/t17-,18+/m0/s1. The van der Waals surface area contributed by atoms with Crippen molar-refractivity contribution in [2.75, 3.05) is 18.1 Å². The number of hydrogen-bond donors (Lipinski definition) is 1. The third-order valence-corrected chi connectivity index (χ3v) is 5.82. The van der Waals surface area contributed by atoms with Crippen molar-refractivity contribution in [3.63, 3.8) is 0 Å². The minimum Gasteiger partial charge on any atom is -0.481 e. The lowest BCUT2D eigenvalue weighted by Gasteiger charge is -2.18. The summed E-state index contributed by atoms with van der Waals surface area (Å²) in [4.78, 5) is 10.5. The van der Waals surface area contributed by atoms with Crippen LogP contribution < -0.4 is 0 Å². The maximum absolute atomic E-state index is 10.5. The first-order chi connectivity index (χ1) is 11.3. The van der Waals surface area contributed by atoms with E-state index in [1.807, 2.05) is 6.07 Å². The SMILES string of the molecule is O=C(O)CCCCCC[C@H]1CSC[C@H]1COCc1ccccc1. The van der Waals surface area contributed by atoms with Gasteiger partial charge in [-0.3, -0.25) is 4.79 Å². The summed E-state index contributed by atoms with van der Waals surface area (Å²) >= 11 is 2.05. The molecule has 0 aromatic heterocycles. The van der Waals surface area contributed by atoms with Crippen LogP contribution in [0.3, 0.4) is 0 Å². The van der Waals surface area contributed by atoms with Gasteiger partial charge in [0.1, 0.15) is 0 Å². The first-order valence-electron chi connectivity index (χ1n) is 8.67. The zero-order chi connectivity index (χ0) is 16.3. The van der Waals surface area contributed by atoms with Gasteiger partial charge >= 0.3 is 5.97 Å². The molecule has 0 saturated carbocycles. The van der Waals surface area contributed by atoms with Gasteiger partial charge < -0.3 is 9.84 Å². The molecule has 1 N–H and O–H groups in total. The Morgan fingerprint density at radius 2 is 1.83 bits per heavy atom. The number of ether oxygens (including phenoxy) is 1. The predicted octanol–water partition coefficient (Wildman–Crippen LogP) is 4.61. The minimum atomic E-state index is -0.673. The first kappa shape index (κ1) is 18.3. The fraction of sp³-hybridized carbons (Fsp3) is 0.632. The lowest BCUT2D eigenvalue weighted by Crippen LogP contribution is -2.18. The molecule has 4 heteroatoms. The molecule has 23 heavy (non-hydrogen) atoms. The van der Waals surface area contributed by atoms with E-state index >= 15 is 0 Å². The second-order valence-electron chi connectivity index (χ2n) is 6.40. The Balaban J connectivity index is 1.56. The lowest BCUT2D eigenvalue weighted by atomic mass is 9.91. The normalized spacial score (nSPS) is 20.7. The average molecular weight is 336 g/mol. The number of rotatable bonds is 11. The van der Waals surface area contributed by atoms with Crippen molar-refractivity contribution in [1.82, 2.24) is 0 Å². The summed E-state index contributed by atoms with van der Waals surface area (Å²) in [6.07, 6.45) is 5.82. The molecule has 1 aliphatic heterocycles. The van der Waals surface area contributed by atoms with Crippen molar-refractivity contribution in [2.24, 2.45) is 11.8 Å². The molecule has 2 atom stereocenters. The molecule has 2 rings (SSSR count). The zero-order valence-electron chi connectivity index (χ0n) is 13.8. The highest BCUT2D eigenvalue weighted by Gasteiger charge is 2.27. The number of carbonyl (C=O) groups is 1. The van der Waals surface area contributed by atoms with Crippen LogP contribution in [0.5, 0.6) is 0 Å². The Morgan fingerprint density at radius 1 is 1.09 bits per heavy atom. The molecule has 0 unspecified atom stereocenters. The lowest BCUT2D eigenvalue weighted by molar-refractivity contribution is -0.137. The number of carboxylic acid groups (broad SMARTS) is 1. The van der Waals surface area contributed by atoms with Crippen LogP contribution in [-0.2, 0) is 16.1 Å². The van der Waals surface area contributed by atoms with E-state index in [4.69, 9.17) is 9.84 Å². The van der Waals surface area contributed by atoms with Gasteiger partial charge in [0.15, 0.2) is 0 Å². The van der Waals surface area contributed by atoms with Gasteiger partial charge in [-0.15, -0.1) is 0 Å². The molecule has 1 heterocycles. The fourth-order valence-corrected chi connectivity index (χ4v) is 4.63. The Hall–Kier alpha value is -1.00. The van der Waals surface area contributed by atoms with Gasteiger partial charge in [0.25, 0.3) is 0 Å². The summed E-state index contributed by atoms with van der Waals surface area (Å²) < 4.78 is 5.93. The Bertz CT molecular complexity index is 449. The van der Waals surface area contributed by atoms with E-state index in [-0.39, 0.29) is 0 Å². The maximum atomic E-state index is 10.5. The number of carboxylic acids is 1. The minimum absolute atomic E-state index is 0.315. The third-order valence-electron chi connectivity index (χ3n) is 4.49. The van der Waals surface area contributed by atoms with E-state index < -0.39 is 5.97 Å². The van der Waals surface area contributed by atoms with Crippen molar-refractivity contribution in [3.8, 4) is 0 Å². The van der Waals surface area contributed by atoms with Crippen LogP contribution in [0, 0.1) is 11.8 Å². The molecule has 1 aromatic carbocycles. The summed E-state index contributed by atoms with van der Waals surface area (Å²) in [6, 6.07) is 10.4. The predicted molar refractivity (Wildman–Crippen MR) is 95.7 cm³/mol. The highest BCUT2D eigenvalue weighted by Crippen LogP contribution is 2.34. The van der Waals surface area contributed by atoms with Gasteiger partial charge in [0, 0.05) is 6.42 Å². The molecule has 1 aromatic rings. The quantitative estimate of drug-likeness (QED) is 0.600. The number of aliphatic carboxylic acids is 1. The van der Waals surface area contributed by atoms with E-state index in [1.165, 1.54) is 29.9 Å². The molecule has 1 fully saturated rings. The summed E-state index contributed by atoms with van der Waals surface area (Å²) in [6.45, 7) is 1.58. The summed E-state index contributed by atoms with van der Waals surface area (Å²) in [5, 5.41) is 8.63. The van der Waals surface area contributed by atoms with Crippen LogP contribution in [0.2, 0.25) is 0 Å². The number of benzene rings is 1. The van der Waals surface area contributed by atoms with Gasteiger partial charge in [0.05, 0.1) is 13.2 Å². The van der Waals surface area contributed by atoms with E-state index in [0.29, 0.717) is 18.9 Å². The smallest absolute Gasteiger partial charge is 0.303 e. The van der Waals surface area contributed by atoms with Crippen molar-refractivity contribution in [1.29, 1.82) is 0 Å². The number of hydrogen-bond acceptors (Lipinski definition) is 3. The van der Waals surface area contributed by atoms with Gasteiger partial charge in [0.2, 0.25) is 0 Å². The topological polar surface area (TPSA) is 46.5 Å². The van der Waals surface area contributed by atoms with Crippen LogP contribution in [-0.4, -0.2) is 29.2 Å². The second kappa shape index (κ2) is 10.7. The van der Waals surface area contributed by atoms with E-state index in [0.717, 1.165) is 31.8 Å². The van der Waals surface area contributed by atoms with Crippen molar-refractivity contribution < 1.29 is 14.6 Å². The van der Waals surface area contributed by atoms with Crippen LogP contribution >= 0.6 is 11.8 Å². The van der Waals surface area contributed by atoms with Crippen molar-refractivity contribution in [2.45, 2.75) is 45.1 Å². The van der Waals surface area contributed by atoms with E-state index in [9.17, 15) is 4.79 Å². The van der Waals surface area contributed by atoms with Crippen LogP contribution in [0.15, 0.2) is 30.3 Å². The molecule has 0 amide bonds. The molecular formula is C19H28O3S. The second-order valence-corrected chi connectivity index (χ2v) is 7.48. The number of unbranched alkanes of at least 4 members (excludes halogenated alkanes) is 3. The monoisotopic (exact) mass is 336 g/mol. The highest BCUT2D eigenvalue weighted by atomic mass is 32.2. The summed E-state index contributed by atoms with van der Waals surface area (Å²) in [7, 11) is 0. The molecule has 3 nitrogen and oxygen atoms in total. The third kappa shape index (κ3) is 7.40. The van der Waals surface area contributed by atoms with E-state index in [2.05, 4.69) is 36.0 Å². The van der Waals surface area contributed by atoms with Gasteiger partial charge in [-0.2, -0.15) is 11.8 Å². The Morgan fingerprint density at radius 3 is 2.61 bits per heavy atom. The molecule has 0 bridgehead atoms. The molecule has 128 valence electrons. The largest absolute Gasteiger partial charge is 0.481 e. The zero-order valence-corrected chi connectivity index (χ0v) is 14.6.